The number of carbonyl (C=O) groups excluding carboxylic acids is 4. The van der Waals surface area contributed by atoms with Crippen molar-refractivity contribution in [2.75, 3.05) is 39.6 Å². The topological polar surface area (TPSA) is 164 Å². The first-order valence-electron chi connectivity index (χ1n) is 15.8. The number of imide groups is 2. The maximum absolute atomic E-state index is 13.0. The van der Waals surface area contributed by atoms with Crippen LogP contribution in [0.15, 0.2) is 67.1 Å². The van der Waals surface area contributed by atoms with Crippen molar-refractivity contribution in [1.29, 1.82) is 0 Å². The van der Waals surface area contributed by atoms with Crippen LogP contribution in [0.1, 0.15) is 33.6 Å². The molecule has 1 saturated heterocycles. The number of aryl methyl sites for hydroxylation is 1. The van der Waals surface area contributed by atoms with Gasteiger partial charge >= 0.3 is 0 Å². The third-order valence-electron chi connectivity index (χ3n) is 8.43. The zero-order valence-corrected chi connectivity index (χ0v) is 26.6. The van der Waals surface area contributed by atoms with E-state index in [2.05, 4.69) is 25.9 Å². The Morgan fingerprint density at radius 2 is 1.59 bits per heavy atom. The largest absolute Gasteiger partial charge is 0.491 e. The summed E-state index contributed by atoms with van der Waals surface area (Å²) in [5.41, 5.74) is 4.00. The minimum atomic E-state index is -1.02. The number of amides is 4. The first kappa shape index (κ1) is 31.8. The molecule has 0 radical (unpaired) electrons. The van der Waals surface area contributed by atoms with Crippen LogP contribution in [0.25, 0.3) is 33.2 Å². The normalized spacial score (nSPS) is 16.0. The van der Waals surface area contributed by atoms with Crippen LogP contribution in [0.2, 0.25) is 0 Å². The predicted octanol–water partition coefficient (Wildman–Crippen LogP) is 3.08. The molecule has 1 fully saturated rings. The molecule has 0 spiro atoms. The van der Waals surface area contributed by atoms with Gasteiger partial charge in [-0.1, -0.05) is 0 Å². The molecule has 0 aliphatic carbocycles. The van der Waals surface area contributed by atoms with E-state index in [1.165, 1.54) is 12.1 Å². The summed E-state index contributed by atoms with van der Waals surface area (Å²) >= 11 is 0. The molecule has 4 amide bonds. The fourth-order valence-electron chi connectivity index (χ4n) is 6.01. The number of hydrogen-bond acceptors (Lipinski definition) is 11. The van der Waals surface area contributed by atoms with E-state index in [0.717, 1.165) is 38.1 Å². The fourth-order valence-corrected chi connectivity index (χ4v) is 6.01. The molecule has 7 rings (SSSR count). The van der Waals surface area contributed by atoms with Gasteiger partial charge in [0, 0.05) is 54.5 Å². The Morgan fingerprint density at radius 1 is 0.816 bits per heavy atom. The molecule has 4 aromatic heterocycles. The summed E-state index contributed by atoms with van der Waals surface area (Å²) in [6.45, 7) is 1.84. The molecule has 0 bridgehead atoms. The molecule has 2 aliphatic heterocycles. The van der Waals surface area contributed by atoms with E-state index in [9.17, 15) is 19.2 Å². The zero-order valence-electron chi connectivity index (χ0n) is 26.6. The molecule has 1 atom stereocenters. The second-order valence-corrected chi connectivity index (χ2v) is 11.5. The minimum Gasteiger partial charge on any atom is -0.491 e. The van der Waals surface area contributed by atoms with Gasteiger partial charge in [-0.15, -0.1) is 0 Å². The molecular weight excluding hydrogens is 632 g/mol. The van der Waals surface area contributed by atoms with Gasteiger partial charge in [0.2, 0.25) is 17.7 Å². The molecule has 14 nitrogen and oxygen atoms in total. The van der Waals surface area contributed by atoms with Crippen molar-refractivity contribution < 1.29 is 38.1 Å². The van der Waals surface area contributed by atoms with E-state index in [1.54, 1.807) is 18.5 Å². The van der Waals surface area contributed by atoms with E-state index < -0.39 is 29.7 Å². The van der Waals surface area contributed by atoms with Gasteiger partial charge in [-0.25, -0.2) is 9.97 Å². The fraction of sp³-hybridized carbons (Fsp3) is 0.286. The lowest BCUT2D eigenvalue weighted by molar-refractivity contribution is -0.136. The average molecular weight is 665 g/mol. The summed E-state index contributed by atoms with van der Waals surface area (Å²) in [7, 11) is 1.99. The molecule has 1 N–H and O–H groups in total. The quantitative estimate of drug-likeness (QED) is 0.145. The number of pyridine rings is 3. The van der Waals surface area contributed by atoms with Crippen molar-refractivity contribution in [2.45, 2.75) is 18.9 Å². The van der Waals surface area contributed by atoms with Gasteiger partial charge in [-0.05, 0) is 48.9 Å². The highest BCUT2D eigenvalue weighted by atomic mass is 16.6. The molecule has 250 valence electrons. The summed E-state index contributed by atoms with van der Waals surface area (Å²) in [5, 5.41) is 4.29. The number of nitrogens with zero attached hydrogens (tertiary/aromatic N) is 5. The smallest absolute Gasteiger partial charge is 0.262 e. The molecular formula is C35H32N6O8. The number of piperidine rings is 1. The highest BCUT2D eigenvalue weighted by Crippen LogP contribution is 2.31. The van der Waals surface area contributed by atoms with Crippen molar-refractivity contribution in [1.82, 2.24) is 29.7 Å². The van der Waals surface area contributed by atoms with Gasteiger partial charge in [0.1, 0.15) is 30.7 Å². The Bertz CT molecular complexity index is 2100. The second-order valence-electron chi connectivity index (χ2n) is 11.5. The highest BCUT2D eigenvalue weighted by Gasteiger charge is 2.44. The maximum Gasteiger partial charge on any atom is 0.262 e. The maximum atomic E-state index is 13.0. The lowest BCUT2D eigenvalue weighted by Gasteiger charge is -2.27. The number of hydrogen-bond donors (Lipinski definition) is 1. The number of fused-ring (bicyclic) bond motifs is 4. The van der Waals surface area contributed by atoms with Crippen molar-refractivity contribution in [3.05, 3.63) is 78.2 Å². The Labute approximate surface area is 279 Å². The van der Waals surface area contributed by atoms with E-state index in [1.807, 2.05) is 37.5 Å². The lowest BCUT2D eigenvalue weighted by Crippen LogP contribution is -2.54. The highest BCUT2D eigenvalue weighted by molar-refractivity contribution is 6.23. The molecule has 1 aromatic carbocycles. The minimum absolute atomic E-state index is 0.0608. The number of carbonyl (C=O) groups is 4. The van der Waals surface area contributed by atoms with Crippen LogP contribution < -0.4 is 14.8 Å². The van der Waals surface area contributed by atoms with Crippen molar-refractivity contribution >= 4 is 45.6 Å². The third-order valence-corrected chi connectivity index (χ3v) is 8.43. The van der Waals surface area contributed by atoms with Crippen LogP contribution in [0.4, 0.5) is 0 Å². The molecule has 5 aromatic rings. The summed E-state index contributed by atoms with van der Waals surface area (Å²) in [4.78, 5) is 63.9. The van der Waals surface area contributed by atoms with Crippen LogP contribution in [0.5, 0.6) is 11.6 Å². The van der Waals surface area contributed by atoms with Crippen LogP contribution in [0, 0.1) is 0 Å². The zero-order chi connectivity index (χ0) is 33.9. The number of aromatic nitrogens is 4. The summed E-state index contributed by atoms with van der Waals surface area (Å²) in [6.07, 6.45) is 5.48. The molecule has 1 unspecified atom stereocenters. The van der Waals surface area contributed by atoms with Gasteiger partial charge in [0.05, 0.1) is 48.8 Å². The van der Waals surface area contributed by atoms with Crippen molar-refractivity contribution in [3.8, 4) is 22.9 Å². The van der Waals surface area contributed by atoms with Crippen LogP contribution in [-0.2, 0) is 26.1 Å². The average Bonchev–Trinajstić information content (AvgIpc) is 3.54. The van der Waals surface area contributed by atoms with E-state index in [4.69, 9.17) is 23.9 Å². The van der Waals surface area contributed by atoms with Gasteiger partial charge in [-0.2, -0.15) is 0 Å². The van der Waals surface area contributed by atoms with Gasteiger partial charge < -0.3 is 23.5 Å². The van der Waals surface area contributed by atoms with E-state index in [0.29, 0.717) is 38.1 Å². The van der Waals surface area contributed by atoms with Crippen LogP contribution in [0.3, 0.4) is 0 Å². The number of benzene rings is 1. The molecule has 2 aliphatic rings. The number of ether oxygens (including phenoxy) is 4. The van der Waals surface area contributed by atoms with E-state index in [-0.39, 0.29) is 37.2 Å². The van der Waals surface area contributed by atoms with Crippen LogP contribution >= 0.6 is 0 Å². The van der Waals surface area contributed by atoms with Crippen molar-refractivity contribution in [2.24, 2.45) is 7.05 Å². The Morgan fingerprint density at radius 3 is 2.41 bits per heavy atom. The van der Waals surface area contributed by atoms with Gasteiger partial charge in [-0.3, -0.25) is 34.4 Å². The standard InChI is InChI=1S/C35H32N6O8/c1-40-28-9-10-36-20-26(28)23-4-5-27(38-32(23)40)21-8-11-37-31(18-21)49-17-15-47-13-12-46-14-16-48-22-2-3-24-25(19-22)35(45)41(34(24)44)29-6-7-30(42)39-33(29)43/h2-5,8-11,18-20,29H,6-7,12-17H2,1H3,(H,39,42,43). The van der Waals surface area contributed by atoms with E-state index >= 15 is 0 Å². The predicted molar refractivity (Wildman–Crippen MR) is 175 cm³/mol. The summed E-state index contributed by atoms with van der Waals surface area (Å²) < 4.78 is 24.7. The molecule has 0 saturated carbocycles. The van der Waals surface area contributed by atoms with Gasteiger partial charge in [0.15, 0.2) is 0 Å². The number of nitrogens with one attached hydrogen (secondary N) is 1. The number of rotatable bonds is 13. The lowest BCUT2D eigenvalue weighted by atomic mass is 10.0. The summed E-state index contributed by atoms with van der Waals surface area (Å²) in [5.74, 6) is -1.36. The first-order valence-corrected chi connectivity index (χ1v) is 15.8. The third kappa shape index (κ3) is 6.43. The second kappa shape index (κ2) is 13.8. The molecule has 49 heavy (non-hydrogen) atoms. The monoisotopic (exact) mass is 664 g/mol. The molecule has 14 heteroatoms. The van der Waals surface area contributed by atoms with Crippen LogP contribution in [-0.4, -0.2) is 93.7 Å². The Kier molecular flexibility index (Phi) is 8.96. The first-order chi connectivity index (χ1) is 23.9. The Hall–Kier alpha value is -5.73. The van der Waals surface area contributed by atoms with Gasteiger partial charge in [0.25, 0.3) is 11.8 Å². The SMILES string of the molecule is Cn1c2ccncc2c2ccc(-c3ccnc(OCCOCCOCCOc4ccc5c(c4)C(=O)N(C4CCC(=O)NC4=O)C5=O)c3)nc21. The molecule has 6 heterocycles. The van der Waals surface area contributed by atoms with Crippen molar-refractivity contribution in [3.63, 3.8) is 0 Å². The Balaban J connectivity index is 0.812. The summed E-state index contributed by atoms with van der Waals surface area (Å²) in [6, 6.07) is 13.3.